The largest absolute Gasteiger partial charge is 0.507 e. The number of aromatic hydroxyl groups is 1. The zero-order chi connectivity index (χ0) is 10.4. The summed E-state index contributed by atoms with van der Waals surface area (Å²) >= 11 is 1.49. The molecule has 0 fully saturated rings. The normalized spacial score (nSPS) is 11.3. The van der Waals surface area contributed by atoms with Gasteiger partial charge < -0.3 is 5.11 Å². The van der Waals surface area contributed by atoms with Crippen LogP contribution >= 0.6 is 11.3 Å². The third kappa shape index (κ3) is 1.13. The SMILES string of the molecule is Oc1cccc2sc3cccc(F)c3c12. The van der Waals surface area contributed by atoms with Crippen molar-refractivity contribution in [2.24, 2.45) is 0 Å². The van der Waals surface area contributed by atoms with Crippen molar-refractivity contribution < 1.29 is 9.50 Å². The molecule has 0 saturated heterocycles. The van der Waals surface area contributed by atoms with Gasteiger partial charge in [-0.15, -0.1) is 11.3 Å². The highest BCUT2D eigenvalue weighted by Crippen LogP contribution is 2.39. The van der Waals surface area contributed by atoms with Gasteiger partial charge in [-0.05, 0) is 24.3 Å². The predicted octanol–water partition coefficient (Wildman–Crippen LogP) is 3.90. The van der Waals surface area contributed by atoms with E-state index in [1.807, 2.05) is 12.1 Å². The summed E-state index contributed by atoms with van der Waals surface area (Å²) in [4.78, 5) is 0. The Hall–Kier alpha value is -1.61. The van der Waals surface area contributed by atoms with E-state index in [-0.39, 0.29) is 11.6 Å². The molecule has 1 nitrogen and oxygen atoms in total. The Bertz CT molecular complexity index is 601. The number of phenols is 1. The summed E-state index contributed by atoms with van der Waals surface area (Å²) in [5.74, 6) is -0.135. The van der Waals surface area contributed by atoms with Crippen LogP contribution in [0.25, 0.3) is 20.2 Å². The van der Waals surface area contributed by atoms with E-state index in [1.165, 1.54) is 17.4 Å². The van der Waals surface area contributed by atoms with Crippen LogP contribution in [-0.2, 0) is 0 Å². The average molecular weight is 218 g/mol. The van der Waals surface area contributed by atoms with E-state index >= 15 is 0 Å². The van der Waals surface area contributed by atoms with Crippen molar-refractivity contribution >= 4 is 31.5 Å². The average Bonchev–Trinajstić information content (AvgIpc) is 2.58. The molecule has 0 saturated carbocycles. The summed E-state index contributed by atoms with van der Waals surface area (Å²) < 4.78 is 15.4. The molecule has 0 amide bonds. The van der Waals surface area contributed by atoms with Crippen molar-refractivity contribution in [3.63, 3.8) is 0 Å². The molecule has 2 aromatic carbocycles. The fourth-order valence-electron chi connectivity index (χ4n) is 1.81. The highest BCUT2D eigenvalue weighted by Gasteiger charge is 2.11. The summed E-state index contributed by atoms with van der Waals surface area (Å²) in [6, 6.07) is 10.2. The number of benzene rings is 2. The van der Waals surface area contributed by atoms with Gasteiger partial charge >= 0.3 is 0 Å². The van der Waals surface area contributed by atoms with Gasteiger partial charge in [0.05, 0.1) is 0 Å². The molecule has 74 valence electrons. The van der Waals surface area contributed by atoms with Crippen molar-refractivity contribution in [1.29, 1.82) is 0 Å². The molecule has 1 heterocycles. The Morgan fingerprint density at radius 2 is 1.60 bits per heavy atom. The molecule has 1 N–H and O–H groups in total. The molecule has 0 aliphatic rings. The van der Waals surface area contributed by atoms with E-state index < -0.39 is 0 Å². The van der Waals surface area contributed by atoms with E-state index in [0.29, 0.717) is 10.8 Å². The lowest BCUT2D eigenvalue weighted by molar-refractivity contribution is 0.482. The maximum absolute atomic E-state index is 13.6. The number of fused-ring (bicyclic) bond motifs is 3. The first-order valence-corrected chi connectivity index (χ1v) is 5.38. The molecule has 1 aromatic heterocycles. The minimum atomic E-state index is -0.278. The van der Waals surface area contributed by atoms with Crippen LogP contribution in [0.5, 0.6) is 5.75 Å². The van der Waals surface area contributed by atoms with Gasteiger partial charge in [0.2, 0.25) is 0 Å². The topological polar surface area (TPSA) is 20.2 Å². The second-order valence-electron chi connectivity index (χ2n) is 3.37. The van der Waals surface area contributed by atoms with Crippen molar-refractivity contribution in [2.75, 3.05) is 0 Å². The molecule has 15 heavy (non-hydrogen) atoms. The molecular formula is C12H7FOS. The summed E-state index contributed by atoms with van der Waals surface area (Å²) in [5, 5.41) is 10.9. The van der Waals surface area contributed by atoms with Gasteiger partial charge in [-0.1, -0.05) is 12.1 Å². The fourth-order valence-corrected chi connectivity index (χ4v) is 2.95. The number of halogens is 1. The second-order valence-corrected chi connectivity index (χ2v) is 4.45. The monoisotopic (exact) mass is 218 g/mol. The van der Waals surface area contributed by atoms with Crippen LogP contribution < -0.4 is 0 Å². The Morgan fingerprint density at radius 1 is 0.933 bits per heavy atom. The minimum absolute atomic E-state index is 0.142. The number of rotatable bonds is 0. The van der Waals surface area contributed by atoms with E-state index in [1.54, 1.807) is 18.2 Å². The van der Waals surface area contributed by atoms with Gasteiger partial charge in [0, 0.05) is 20.2 Å². The Kier molecular flexibility index (Phi) is 1.70. The van der Waals surface area contributed by atoms with Gasteiger partial charge in [-0.25, -0.2) is 4.39 Å². The third-order valence-corrected chi connectivity index (χ3v) is 3.57. The first-order chi connectivity index (χ1) is 7.27. The molecule has 3 heteroatoms. The van der Waals surface area contributed by atoms with Crippen molar-refractivity contribution in [1.82, 2.24) is 0 Å². The molecule has 0 spiro atoms. The summed E-state index contributed by atoms with van der Waals surface area (Å²) in [7, 11) is 0. The molecule has 0 unspecified atom stereocenters. The van der Waals surface area contributed by atoms with Gasteiger partial charge in [-0.3, -0.25) is 0 Å². The van der Waals surface area contributed by atoms with Gasteiger partial charge in [0.25, 0.3) is 0 Å². The van der Waals surface area contributed by atoms with Crippen LogP contribution in [-0.4, -0.2) is 5.11 Å². The Labute approximate surface area is 89.4 Å². The zero-order valence-electron chi connectivity index (χ0n) is 7.70. The zero-order valence-corrected chi connectivity index (χ0v) is 8.51. The van der Waals surface area contributed by atoms with Crippen LogP contribution in [0.15, 0.2) is 36.4 Å². The van der Waals surface area contributed by atoms with Gasteiger partial charge in [-0.2, -0.15) is 0 Å². The van der Waals surface area contributed by atoms with Crippen LogP contribution in [0.3, 0.4) is 0 Å². The molecule has 3 rings (SSSR count). The standard InChI is InChI=1S/C12H7FOS/c13-7-3-1-5-9-11(7)12-8(14)4-2-6-10(12)15-9/h1-6,14H. The lowest BCUT2D eigenvalue weighted by atomic mass is 10.1. The first kappa shape index (κ1) is 8.68. The molecule has 0 bridgehead atoms. The van der Waals surface area contributed by atoms with E-state index in [9.17, 15) is 9.50 Å². The fraction of sp³-hybridized carbons (Fsp3) is 0. The smallest absolute Gasteiger partial charge is 0.132 e. The van der Waals surface area contributed by atoms with Crippen molar-refractivity contribution in [3.05, 3.63) is 42.2 Å². The summed E-state index contributed by atoms with van der Waals surface area (Å²) in [5.41, 5.74) is 0. The van der Waals surface area contributed by atoms with Crippen LogP contribution in [0.4, 0.5) is 4.39 Å². The molecular weight excluding hydrogens is 211 g/mol. The molecule has 0 atom stereocenters. The maximum Gasteiger partial charge on any atom is 0.132 e. The third-order valence-electron chi connectivity index (χ3n) is 2.45. The second kappa shape index (κ2) is 2.94. The van der Waals surface area contributed by atoms with Crippen molar-refractivity contribution in [2.45, 2.75) is 0 Å². The van der Waals surface area contributed by atoms with Crippen LogP contribution in [0, 0.1) is 5.82 Å². The quantitative estimate of drug-likeness (QED) is 0.606. The molecule has 0 aliphatic carbocycles. The van der Waals surface area contributed by atoms with Crippen LogP contribution in [0.1, 0.15) is 0 Å². The maximum atomic E-state index is 13.6. The summed E-state index contributed by atoms with van der Waals surface area (Å²) in [6.45, 7) is 0. The molecule has 3 aromatic rings. The van der Waals surface area contributed by atoms with Crippen molar-refractivity contribution in [3.8, 4) is 5.75 Å². The minimum Gasteiger partial charge on any atom is -0.507 e. The number of phenolic OH excluding ortho intramolecular Hbond substituents is 1. The van der Waals surface area contributed by atoms with Gasteiger partial charge in [0.15, 0.2) is 0 Å². The highest BCUT2D eigenvalue weighted by molar-refractivity contribution is 7.25. The lowest BCUT2D eigenvalue weighted by Gasteiger charge is -1.96. The van der Waals surface area contributed by atoms with E-state index in [4.69, 9.17) is 0 Å². The predicted molar refractivity (Wildman–Crippen MR) is 61.0 cm³/mol. The highest BCUT2D eigenvalue weighted by atomic mass is 32.1. The number of hydrogen-bond donors (Lipinski definition) is 1. The Morgan fingerprint density at radius 3 is 2.40 bits per heavy atom. The van der Waals surface area contributed by atoms with E-state index in [2.05, 4.69) is 0 Å². The number of thiophene rings is 1. The first-order valence-electron chi connectivity index (χ1n) is 4.56. The van der Waals surface area contributed by atoms with E-state index in [0.717, 1.165) is 9.40 Å². The van der Waals surface area contributed by atoms with Crippen LogP contribution in [0.2, 0.25) is 0 Å². The number of hydrogen-bond acceptors (Lipinski definition) is 2. The summed E-state index contributed by atoms with van der Waals surface area (Å²) in [6.07, 6.45) is 0. The van der Waals surface area contributed by atoms with Gasteiger partial charge in [0.1, 0.15) is 11.6 Å². The lowest BCUT2D eigenvalue weighted by Crippen LogP contribution is -1.74. The molecule has 0 aliphatic heterocycles. The Balaban J connectivity index is 2.67. The molecule has 0 radical (unpaired) electrons.